The minimum absolute atomic E-state index is 0.107. The van der Waals surface area contributed by atoms with Crippen molar-refractivity contribution in [1.82, 2.24) is 5.32 Å². The van der Waals surface area contributed by atoms with Gasteiger partial charge < -0.3 is 10.1 Å². The molecule has 0 saturated heterocycles. The Morgan fingerprint density at radius 3 is 2.09 bits per heavy atom. The van der Waals surface area contributed by atoms with Gasteiger partial charge in [0, 0.05) is 19.4 Å². The molecule has 2 aromatic rings. The van der Waals surface area contributed by atoms with Gasteiger partial charge >= 0.3 is 5.97 Å². The highest BCUT2D eigenvalue weighted by atomic mass is 16.5. The van der Waals surface area contributed by atoms with Crippen LogP contribution < -0.4 is 5.32 Å². The molecule has 1 amide bonds. The average molecular weight is 311 g/mol. The minimum atomic E-state index is -0.337. The van der Waals surface area contributed by atoms with Crippen LogP contribution >= 0.6 is 0 Å². The predicted molar refractivity (Wildman–Crippen MR) is 88.6 cm³/mol. The molecule has 120 valence electrons. The van der Waals surface area contributed by atoms with Crippen molar-refractivity contribution in [2.45, 2.75) is 25.8 Å². The van der Waals surface area contributed by atoms with Crippen LogP contribution in [0.1, 0.15) is 24.0 Å². The summed E-state index contributed by atoms with van der Waals surface area (Å²) in [6.45, 7) is 0.817. The topological polar surface area (TPSA) is 55.4 Å². The monoisotopic (exact) mass is 311 g/mol. The molecule has 0 saturated carbocycles. The van der Waals surface area contributed by atoms with Gasteiger partial charge in [-0.05, 0) is 11.1 Å². The Labute approximate surface area is 136 Å². The molecule has 0 aliphatic rings. The fourth-order valence-electron chi connectivity index (χ4n) is 2.10. The standard InChI is InChI=1S/C19H21NO3/c21-18(20-15-17-9-5-2-6-10-17)11-12-19(22)23-14-13-16-7-3-1-4-8-16/h1-10H,11-15H2,(H,20,21). The molecule has 0 aliphatic carbocycles. The quantitative estimate of drug-likeness (QED) is 0.763. The molecule has 0 aromatic heterocycles. The third kappa shape index (κ3) is 6.78. The Balaban J connectivity index is 1.57. The zero-order valence-corrected chi connectivity index (χ0v) is 13.0. The molecule has 0 bridgehead atoms. The van der Waals surface area contributed by atoms with Gasteiger partial charge in [0.15, 0.2) is 0 Å². The van der Waals surface area contributed by atoms with Crippen molar-refractivity contribution in [3.05, 3.63) is 71.8 Å². The first kappa shape index (κ1) is 16.7. The van der Waals surface area contributed by atoms with E-state index in [0.717, 1.165) is 11.1 Å². The van der Waals surface area contributed by atoms with Crippen LogP contribution in [0, 0.1) is 0 Å². The summed E-state index contributed by atoms with van der Waals surface area (Å²) >= 11 is 0. The maximum Gasteiger partial charge on any atom is 0.306 e. The number of rotatable bonds is 8. The lowest BCUT2D eigenvalue weighted by Gasteiger charge is -2.06. The number of nitrogens with one attached hydrogen (secondary N) is 1. The van der Waals surface area contributed by atoms with Gasteiger partial charge in [-0.3, -0.25) is 9.59 Å². The van der Waals surface area contributed by atoms with E-state index >= 15 is 0 Å². The molecule has 0 spiro atoms. The van der Waals surface area contributed by atoms with Crippen LogP contribution in [0.2, 0.25) is 0 Å². The molecular formula is C19H21NO3. The van der Waals surface area contributed by atoms with Gasteiger partial charge in [0.25, 0.3) is 0 Å². The molecule has 4 nitrogen and oxygen atoms in total. The summed E-state index contributed by atoms with van der Waals surface area (Å²) in [5.74, 6) is -0.482. The van der Waals surface area contributed by atoms with Gasteiger partial charge in [-0.1, -0.05) is 60.7 Å². The van der Waals surface area contributed by atoms with Gasteiger partial charge in [-0.25, -0.2) is 0 Å². The van der Waals surface area contributed by atoms with E-state index in [0.29, 0.717) is 19.6 Å². The van der Waals surface area contributed by atoms with E-state index in [-0.39, 0.29) is 24.7 Å². The summed E-state index contributed by atoms with van der Waals surface area (Å²) in [6, 6.07) is 19.5. The second-order valence-corrected chi connectivity index (χ2v) is 5.22. The zero-order chi connectivity index (χ0) is 16.3. The van der Waals surface area contributed by atoms with Crippen molar-refractivity contribution in [2.24, 2.45) is 0 Å². The number of ether oxygens (including phenoxy) is 1. The fourth-order valence-corrected chi connectivity index (χ4v) is 2.10. The first-order chi connectivity index (χ1) is 11.2. The van der Waals surface area contributed by atoms with E-state index in [9.17, 15) is 9.59 Å². The lowest BCUT2D eigenvalue weighted by molar-refractivity contribution is -0.144. The highest BCUT2D eigenvalue weighted by Crippen LogP contribution is 2.02. The predicted octanol–water partition coefficient (Wildman–Crippen LogP) is 2.87. The van der Waals surface area contributed by atoms with E-state index in [1.54, 1.807) is 0 Å². The molecule has 2 rings (SSSR count). The smallest absolute Gasteiger partial charge is 0.306 e. The highest BCUT2D eigenvalue weighted by Gasteiger charge is 2.08. The minimum Gasteiger partial charge on any atom is -0.465 e. The number of carbonyl (C=O) groups excluding carboxylic acids is 2. The van der Waals surface area contributed by atoms with Crippen LogP contribution in [0.15, 0.2) is 60.7 Å². The van der Waals surface area contributed by atoms with Crippen molar-refractivity contribution in [1.29, 1.82) is 0 Å². The molecule has 1 N–H and O–H groups in total. The molecule has 0 heterocycles. The molecular weight excluding hydrogens is 290 g/mol. The van der Waals surface area contributed by atoms with Gasteiger partial charge in [0.1, 0.15) is 0 Å². The second kappa shape index (κ2) is 9.41. The number of benzene rings is 2. The van der Waals surface area contributed by atoms with E-state index in [4.69, 9.17) is 4.74 Å². The van der Waals surface area contributed by atoms with E-state index in [2.05, 4.69) is 5.32 Å². The summed E-state index contributed by atoms with van der Waals surface area (Å²) < 4.78 is 5.14. The maximum atomic E-state index is 11.7. The molecule has 0 unspecified atom stereocenters. The van der Waals surface area contributed by atoms with Crippen LogP contribution in [0.4, 0.5) is 0 Å². The molecule has 0 aliphatic heterocycles. The summed E-state index contributed by atoms with van der Waals surface area (Å²) in [5, 5.41) is 2.79. The average Bonchev–Trinajstić information content (AvgIpc) is 2.60. The Kier molecular flexibility index (Phi) is 6.85. The highest BCUT2D eigenvalue weighted by molar-refractivity contribution is 5.81. The molecule has 2 aromatic carbocycles. The third-order valence-electron chi connectivity index (χ3n) is 3.39. The summed E-state index contributed by atoms with van der Waals surface area (Å²) in [4.78, 5) is 23.3. The lowest BCUT2D eigenvalue weighted by atomic mass is 10.2. The maximum absolute atomic E-state index is 11.7. The number of hydrogen-bond donors (Lipinski definition) is 1. The summed E-state index contributed by atoms with van der Waals surface area (Å²) in [7, 11) is 0. The van der Waals surface area contributed by atoms with Crippen LogP contribution in [-0.4, -0.2) is 18.5 Å². The van der Waals surface area contributed by atoms with Gasteiger partial charge in [0.05, 0.1) is 13.0 Å². The van der Waals surface area contributed by atoms with Crippen molar-refractivity contribution in [3.8, 4) is 0 Å². The van der Waals surface area contributed by atoms with Crippen molar-refractivity contribution >= 4 is 11.9 Å². The Morgan fingerprint density at radius 2 is 1.43 bits per heavy atom. The van der Waals surface area contributed by atoms with Crippen LogP contribution in [0.3, 0.4) is 0 Å². The second-order valence-electron chi connectivity index (χ2n) is 5.22. The molecule has 4 heteroatoms. The lowest BCUT2D eigenvalue weighted by Crippen LogP contribution is -2.23. The van der Waals surface area contributed by atoms with Gasteiger partial charge in [0.2, 0.25) is 5.91 Å². The molecule has 0 radical (unpaired) electrons. The Bertz CT molecular complexity index is 611. The van der Waals surface area contributed by atoms with Crippen LogP contribution in [0.5, 0.6) is 0 Å². The number of esters is 1. The molecule has 0 atom stereocenters. The first-order valence-corrected chi connectivity index (χ1v) is 7.74. The van der Waals surface area contributed by atoms with Crippen LogP contribution in [0.25, 0.3) is 0 Å². The zero-order valence-electron chi connectivity index (χ0n) is 13.0. The Morgan fingerprint density at radius 1 is 0.826 bits per heavy atom. The van der Waals surface area contributed by atoms with E-state index in [1.807, 2.05) is 60.7 Å². The number of amides is 1. The normalized spacial score (nSPS) is 10.1. The number of carbonyl (C=O) groups is 2. The first-order valence-electron chi connectivity index (χ1n) is 7.74. The summed E-state index contributed by atoms with van der Waals surface area (Å²) in [6.07, 6.45) is 0.944. The summed E-state index contributed by atoms with van der Waals surface area (Å²) in [5.41, 5.74) is 2.16. The number of hydrogen-bond acceptors (Lipinski definition) is 3. The third-order valence-corrected chi connectivity index (χ3v) is 3.39. The largest absolute Gasteiger partial charge is 0.465 e. The van der Waals surface area contributed by atoms with Crippen molar-refractivity contribution < 1.29 is 14.3 Å². The SMILES string of the molecule is O=C(CCC(=O)OCCc1ccccc1)NCc1ccccc1. The van der Waals surface area contributed by atoms with Gasteiger partial charge in [-0.15, -0.1) is 0 Å². The van der Waals surface area contributed by atoms with E-state index in [1.165, 1.54) is 0 Å². The van der Waals surface area contributed by atoms with E-state index < -0.39 is 0 Å². The van der Waals surface area contributed by atoms with Crippen molar-refractivity contribution in [3.63, 3.8) is 0 Å². The Hall–Kier alpha value is -2.62. The van der Waals surface area contributed by atoms with Crippen molar-refractivity contribution in [2.75, 3.05) is 6.61 Å². The van der Waals surface area contributed by atoms with Crippen LogP contribution in [-0.2, 0) is 27.3 Å². The fraction of sp³-hybridized carbons (Fsp3) is 0.263. The van der Waals surface area contributed by atoms with Gasteiger partial charge in [-0.2, -0.15) is 0 Å². The molecule has 0 fully saturated rings. The molecule has 23 heavy (non-hydrogen) atoms.